The van der Waals surface area contributed by atoms with E-state index < -0.39 is 7.12 Å². The summed E-state index contributed by atoms with van der Waals surface area (Å²) in [7, 11) is -1.51. The summed E-state index contributed by atoms with van der Waals surface area (Å²) in [6, 6.07) is 3.92. The summed E-state index contributed by atoms with van der Waals surface area (Å²) >= 11 is 0. The smallest absolute Gasteiger partial charge is 0.423 e. The van der Waals surface area contributed by atoms with Crippen LogP contribution in [0.2, 0.25) is 0 Å². The summed E-state index contributed by atoms with van der Waals surface area (Å²) in [6.45, 7) is 1.83. The van der Waals surface area contributed by atoms with Crippen LogP contribution in [0.15, 0.2) is 18.2 Å². The SMILES string of the molecule is CCc1cc(F)ccc1B(O)O. The van der Waals surface area contributed by atoms with Gasteiger partial charge in [-0.25, -0.2) is 4.39 Å². The van der Waals surface area contributed by atoms with Crippen molar-refractivity contribution in [3.63, 3.8) is 0 Å². The number of hydrogen-bond acceptors (Lipinski definition) is 2. The van der Waals surface area contributed by atoms with Crippen LogP contribution in [0.3, 0.4) is 0 Å². The van der Waals surface area contributed by atoms with E-state index in [1.165, 1.54) is 18.2 Å². The molecule has 0 aliphatic carbocycles. The lowest BCUT2D eigenvalue weighted by Crippen LogP contribution is -2.32. The van der Waals surface area contributed by atoms with E-state index in [2.05, 4.69) is 0 Å². The van der Waals surface area contributed by atoms with Crippen molar-refractivity contribution in [2.45, 2.75) is 13.3 Å². The normalized spacial score (nSPS) is 10.0. The van der Waals surface area contributed by atoms with Crippen LogP contribution in [0.5, 0.6) is 0 Å². The highest BCUT2D eigenvalue weighted by Gasteiger charge is 2.14. The molecule has 1 aromatic carbocycles. The maximum atomic E-state index is 12.6. The number of hydrogen-bond donors (Lipinski definition) is 2. The maximum absolute atomic E-state index is 12.6. The lowest BCUT2D eigenvalue weighted by molar-refractivity contribution is 0.425. The van der Waals surface area contributed by atoms with Crippen LogP contribution in [-0.2, 0) is 6.42 Å². The van der Waals surface area contributed by atoms with Gasteiger partial charge < -0.3 is 10.0 Å². The summed E-state index contributed by atoms with van der Waals surface area (Å²) in [5, 5.41) is 17.7. The number of rotatable bonds is 2. The molecule has 1 rings (SSSR count). The molecule has 1 aromatic rings. The molecule has 0 heterocycles. The molecule has 0 fully saturated rings. The van der Waals surface area contributed by atoms with Crippen molar-refractivity contribution in [1.29, 1.82) is 0 Å². The van der Waals surface area contributed by atoms with E-state index in [-0.39, 0.29) is 5.82 Å². The molecule has 2 nitrogen and oxygen atoms in total. The third-order valence-corrected chi connectivity index (χ3v) is 1.76. The molecule has 0 amide bonds. The van der Waals surface area contributed by atoms with E-state index in [1.807, 2.05) is 6.92 Å². The van der Waals surface area contributed by atoms with Crippen LogP contribution >= 0.6 is 0 Å². The molecule has 0 radical (unpaired) electrons. The van der Waals surface area contributed by atoms with Gasteiger partial charge in [-0.05, 0) is 29.6 Å². The van der Waals surface area contributed by atoms with Crippen molar-refractivity contribution < 1.29 is 14.4 Å². The Morgan fingerprint density at radius 2 is 2.08 bits per heavy atom. The first-order chi connectivity index (χ1) is 5.65. The summed E-state index contributed by atoms with van der Waals surface area (Å²) in [4.78, 5) is 0. The Bertz CT molecular complexity index is 276. The lowest BCUT2D eigenvalue weighted by atomic mass is 9.76. The second-order valence-electron chi connectivity index (χ2n) is 2.57. The van der Waals surface area contributed by atoms with Gasteiger partial charge in [0.1, 0.15) is 5.82 Å². The first kappa shape index (κ1) is 9.22. The molecule has 0 unspecified atom stereocenters. The van der Waals surface area contributed by atoms with Crippen molar-refractivity contribution in [3.05, 3.63) is 29.6 Å². The summed E-state index contributed by atoms with van der Waals surface area (Å²) < 4.78 is 12.6. The zero-order chi connectivity index (χ0) is 9.14. The molecule has 0 spiro atoms. The van der Waals surface area contributed by atoms with Gasteiger partial charge in [0.25, 0.3) is 0 Å². The average molecular weight is 168 g/mol. The van der Waals surface area contributed by atoms with Gasteiger partial charge in [0.15, 0.2) is 0 Å². The highest BCUT2D eigenvalue weighted by atomic mass is 19.1. The van der Waals surface area contributed by atoms with Crippen LogP contribution in [0.1, 0.15) is 12.5 Å². The van der Waals surface area contributed by atoms with E-state index in [1.54, 1.807) is 0 Å². The zero-order valence-electron chi connectivity index (χ0n) is 6.79. The minimum Gasteiger partial charge on any atom is -0.423 e. The van der Waals surface area contributed by atoms with Crippen molar-refractivity contribution in [2.24, 2.45) is 0 Å². The van der Waals surface area contributed by atoms with Gasteiger partial charge in [-0.3, -0.25) is 0 Å². The highest BCUT2D eigenvalue weighted by Crippen LogP contribution is 2.02. The Morgan fingerprint density at radius 3 is 2.58 bits per heavy atom. The molecular formula is C8H10BFO2. The second-order valence-corrected chi connectivity index (χ2v) is 2.57. The lowest BCUT2D eigenvalue weighted by Gasteiger charge is -2.05. The van der Waals surface area contributed by atoms with E-state index in [4.69, 9.17) is 10.0 Å². The fourth-order valence-electron chi connectivity index (χ4n) is 1.13. The van der Waals surface area contributed by atoms with Gasteiger partial charge in [-0.1, -0.05) is 13.0 Å². The summed E-state index contributed by atoms with van der Waals surface area (Å²) in [5.41, 5.74) is 1.00. The van der Waals surface area contributed by atoms with Gasteiger partial charge in [0.05, 0.1) is 0 Å². The first-order valence-corrected chi connectivity index (χ1v) is 3.79. The van der Waals surface area contributed by atoms with Crippen molar-refractivity contribution in [1.82, 2.24) is 0 Å². The van der Waals surface area contributed by atoms with Gasteiger partial charge in [-0.2, -0.15) is 0 Å². The molecule has 0 saturated heterocycles. The molecule has 0 aliphatic rings. The quantitative estimate of drug-likeness (QED) is 0.613. The highest BCUT2D eigenvalue weighted by molar-refractivity contribution is 6.59. The van der Waals surface area contributed by atoms with Crippen molar-refractivity contribution in [3.8, 4) is 0 Å². The summed E-state index contributed by atoms with van der Waals surface area (Å²) in [6.07, 6.45) is 0.588. The molecular weight excluding hydrogens is 158 g/mol. The topological polar surface area (TPSA) is 40.5 Å². The van der Waals surface area contributed by atoms with Crippen molar-refractivity contribution >= 4 is 12.6 Å². The molecule has 0 atom stereocenters. The molecule has 0 aliphatic heterocycles. The minimum absolute atomic E-state index is 0.351. The maximum Gasteiger partial charge on any atom is 0.488 e. The molecule has 64 valence electrons. The Balaban J connectivity index is 3.11. The van der Waals surface area contributed by atoms with Gasteiger partial charge in [-0.15, -0.1) is 0 Å². The van der Waals surface area contributed by atoms with Gasteiger partial charge >= 0.3 is 7.12 Å². The predicted molar refractivity (Wildman–Crippen MR) is 45.6 cm³/mol. The van der Waals surface area contributed by atoms with Crippen LogP contribution in [0, 0.1) is 5.82 Å². The van der Waals surface area contributed by atoms with E-state index in [0.717, 1.165) is 0 Å². The molecule has 12 heavy (non-hydrogen) atoms. The van der Waals surface area contributed by atoms with Crippen molar-refractivity contribution in [2.75, 3.05) is 0 Å². The molecule has 4 heteroatoms. The number of aryl methyl sites for hydroxylation is 1. The molecule has 0 bridgehead atoms. The van der Waals surface area contributed by atoms with Crippen LogP contribution in [0.25, 0.3) is 0 Å². The van der Waals surface area contributed by atoms with E-state index in [9.17, 15) is 4.39 Å². The predicted octanol–water partition coefficient (Wildman–Crippen LogP) is 0.0679. The standard InChI is InChI=1S/C8H10BFO2/c1-2-6-5-7(10)3-4-8(6)9(11)12/h3-5,11-12H,2H2,1H3. The number of halogens is 1. The monoisotopic (exact) mass is 168 g/mol. The van der Waals surface area contributed by atoms with Gasteiger partial charge in [0.2, 0.25) is 0 Å². The Morgan fingerprint density at radius 1 is 1.42 bits per heavy atom. The third kappa shape index (κ3) is 1.84. The Hall–Kier alpha value is -0.865. The fourth-order valence-corrected chi connectivity index (χ4v) is 1.13. The third-order valence-electron chi connectivity index (χ3n) is 1.76. The molecule has 0 saturated carbocycles. The average Bonchev–Trinajstić information content (AvgIpc) is 2.03. The Labute approximate surface area is 70.8 Å². The van der Waals surface area contributed by atoms with Crippen LogP contribution in [-0.4, -0.2) is 17.2 Å². The minimum atomic E-state index is -1.51. The number of benzene rings is 1. The molecule has 2 N–H and O–H groups in total. The summed E-state index contributed by atoms with van der Waals surface area (Å²) in [5.74, 6) is -0.351. The van der Waals surface area contributed by atoms with E-state index >= 15 is 0 Å². The second kappa shape index (κ2) is 3.69. The van der Waals surface area contributed by atoms with Gasteiger partial charge in [0, 0.05) is 0 Å². The van der Waals surface area contributed by atoms with Crippen LogP contribution < -0.4 is 5.46 Å². The zero-order valence-corrected chi connectivity index (χ0v) is 6.79. The Kier molecular flexibility index (Phi) is 2.84. The van der Waals surface area contributed by atoms with Crippen LogP contribution in [0.4, 0.5) is 4.39 Å². The largest absolute Gasteiger partial charge is 0.488 e. The molecule has 0 aromatic heterocycles. The van der Waals surface area contributed by atoms with E-state index in [0.29, 0.717) is 17.4 Å². The fraction of sp³-hybridized carbons (Fsp3) is 0.250. The first-order valence-electron chi connectivity index (χ1n) is 3.79.